The first-order valence-electron chi connectivity index (χ1n) is 6.17. The van der Waals surface area contributed by atoms with Gasteiger partial charge in [-0.1, -0.05) is 43.7 Å². The topological polar surface area (TPSA) is 15.3 Å². The van der Waals surface area contributed by atoms with Gasteiger partial charge in [0.15, 0.2) is 0 Å². The zero-order valence-corrected chi connectivity index (χ0v) is 10.7. The van der Waals surface area contributed by atoms with Gasteiger partial charge in [0.05, 0.1) is 0 Å². The summed E-state index contributed by atoms with van der Waals surface area (Å²) in [6, 6.07) is 11.2. The first-order valence-corrected chi connectivity index (χ1v) is 6.17. The van der Waals surface area contributed by atoms with Crippen molar-refractivity contribution >= 4 is 0 Å². The summed E-state index contributed by atoms with van der Waals surface area (Å²) in [7, 11) is 4.28. The van der Waals surface area contributed by atoms with E-state index >= 15 is 0 Å². The van der Waals surface area contributed by atoms with Crippen LogP contribution in [-0.4, -0.2) is 32.1 Å². The van der Waals surface area contributed by atoms with Crippen molar-refractivity contribution in [3.63, 3.8) is 0 Å². The van der Waals surface area contributed by atoms with Crippen LogP contribution in [0.15, 0.2) is 30.3 Å². The Labute approximate surface area is 99.7 Å². The number of likely N-dealkylation sites (N-methyl/N-ethyl adjacent to an activating group) is 1. The fourth-order valence-electron chi connectivity index (χ4n) is 1.81. The Hall–Kier alpha value is -0.860. The third-order valence-electron chi connectivity index (χ3n) is 2.85. The molecule has 1 rings (SSSR count). The highest BCUT2D eigenvalue weighted by atomic mass is 15.1. The zero-order valence-electron chi connectivity index (χ0n) is 10.7. The van der Waals surface area contributed by atoms with Crippen LogP contribution in [0.5, 0.6) is 0 Å². The molecule has 0 saturated carbocycles. The summed E-state index contributed by atoms with van der Waals surface area (Å²) in [4.78, 5) is 2.27. The number of benzene rings is 1. The minimum absolute atomic E-state index is 0.470. The number of hydrogen-bond acceptors (Lipinski definition) is 2. The molecular formula is C14H24N2. The molecule has 0 heterocycles. The normalized spacial score (nSPS) is 13.0. The average molecular weight is 220 g/mol. The molecule has 1 N–H and O–H groups in total. The highest BCUT2D eigenvalue weighted by molar-refractivity contribution is 5.19. The lowest BCUT2D eigenvalue weighted by molar-refractivity contribution is 0.288. The van der Waals surface area contributed by atoms with Crippen molar-refractivity contribution in [2.24, 2.45) is 0 Å². The fraction of sp³-hybridized carbons (Fsp3) is 0.571. The van der Waals surface area contributed by atoms with Crippen LogP contribution in [0.2, 0.25) is 0 Å². The Morgan fingerprint density at radius 2 is 1.88 bits per heavy atom. The van der Waals surface area contributed by atoms with Gasteiger partial charge in [-0.2, -0.15) is 0 Å². The molecular weight excluding hydrogens is 196 g/mol. The van der Waals surface area contributed by atoms with Gasteiger partial charge < -0.3 is 10.2 Å². The van der Waals surface area contributed by atoms with Gasteiger partial charge in [0, 0.05) is 12.6 Å². The van der Waals surface area contributed by atoms with Gasteiger partial charge in [-0.3, -0.25) is 0 Å². The summed E-state index contributed by atoms with van der Waals surface area (Å²) in [6.07, 6.45) is 2.51. The summed E-state index contributed by atoms with van der Waals surface area (Å²) >= 11 is 0. The summed E-state index contributed by atoms with van der Waals surface area (Å²) in [6.45, 7) is 4.37. The molecule has 0 aliphatic heterocycles. The number of nitrogens with zero attached hydrogens (tertiary/aromatic N) is 1. The molecule has 1 aromatic carbocycles. The second-order valence-corrected chi connectivity index (χ2v) is 4.45. The SMILES string of the molecule is CCCCNCC(c1ccccc1)N(C)C. The Bertz CT molecular complexity index is 269. The molecule has 0 aliphatic rings. The molecule has 0 bridgehead atoms. The molecule has 0 aromatic heterocycles. The van der Waals surface area contributed by atoms with Crippen molar-refractivity contribution in [1.29, 1.82) is 0 Å². The van der Waals surface area contributed by atoms with E-state index in [0.717, 1.165) is 13.1 Å². The Morgan fingerprint density at radius 3 is 2.44 bits per heavy atom. The second-order valence-electron chi connectivity index (χ2n) is 4.45. The summed E-state index contributed by atoms with van der Waals surface area (Å²) in [5.41, 5.74) is 1.39. The Balaban J connectivity index is 2.49. The first kappa shape index (κ1) is 13.2. The molecule has 0 aliphatic carbocycles. The fourth-order valence-corrected chi connectivity index (χ4v) is 1.81. The van der Waals surface area contributed by atoms with Crippen molar-refractivity contribution in [1.82, 2.24) is 10.2 Å². The van der Waals surface area contributed by atoms with Crippen LogP contribution in [0.3, 0.4) is 0 Å². The zero-order chi connectivity index (χ0) is 11.8. The van der Waals surface area contributed by atoms with Crippen LogP contribution in [0.1, 0.15) is 31.4 Å². The molecule has 1 unspecified atom stereocenters. The molecule has 0 spiro atoms. The maximum Gasteiger partial charge on any atom is 0.0466 e. The van der Waals surface area contributed by atoms with Crippen LogP contribution < -0.4 is 5.32 Å². The van der Waals surface area contributed by atoms with E-state index in [2.05, 4.69) is 61.6 Å². The van der Waals surface area contributed by atoms with Crippen molar-refractivity contribution in [3.8, 4) is 0 Å². The van der Waals surface area contributed by atoms with Gasteiger partial charge in [0.25, 0.3) is 0 Å². The second kappa shape index (κ2) is 7.42. The smallest absolute Gasteiger partial charge is 0.0466 e. The van der Waals surface area contributed by atoms with Crippen LogP contribution in [0.25, 0.3) is 0 Å². The quantitative estimate of drug-likeness (QED) is 0.711. The highest BCUT2D eigenvalue weighted by Crippen LogP contribution is 2.16. The Morgan fingerprint density at radius 1 is 1.19 bits per heavy atom. The molecule has 2 heteroatoms. The highest BCUT2D eigenvalue weighted by Gasteiger charge is 2.12. The third-order valence-corrected chi connectivity index (χ3v) is 2.85. The van der Waals surface area contributed by atoms with Gasteiger partial charge in [0.1, 0.15) is 0 Å². The van der Waals surface area contributed by atoms with Gasteiger partial charge in [-0.15, -0.1) is 0 Å². The number of rotatable bonds is 7. The minimum atomic E-state index is 0.470. The predicted molar refractivity (Wildman–Crippen MR) is 70.6 cm³/mol. The van der Waals surface area contributed by atoms with Crippen molar-refractivity contribution < 1.29 is 0 Å². The van der Waals surface area contributed by atoms with E-state index < -0.39 is 0 Å². The van der Waals surface area contributed by atoms with E-state index in [0.29, 0.717) is 6.04 Å². The van der Waals surface area contributed by atoms with E-state index in [1.165, 1.54) is 18.4 Å². The molecule has 0 fully saturated rings. The maximum atomic E-state index is 3.52. The molecule has 16 heavy (non-hydrogen) atoms. The van der Waals surface area contributed by atoms with Crippen LogP contribution in [-0.2, 0) is 0 Å². The van der Waals surface area contributed by atoms with Crippen LogP contribution in [0.4, 0.5) is 0 Å². The van der Waals surface area contributed by atoms with E-state index in [-0.39, 0.29) is 0 Å². The molecule has 0 radical (unpaired) electrons. The third kappa shape index (κ3) is 4.33. The summed E-state index contributed by atoms with van der Waals surface area (Å²) in [5, 5.41) is 3.52. The molecule has 2 nitrogen and oxygen atoms in total. The predicted octanol–water partition coefficient (Wildman–Crippen LogP) is 2.68. The van der Waals surface area contributed by atoms with Gasteiger partial charge in [0.2, 0.25) is 0 Å². The first-order chi connectivity index (χ1) is 7.75. The molecule has 1 aromatic rings. The molecule has 0 amide bonds. The average Bonchev–Trinajstić information content (AvgIpc) is 2.30. The van der Waals surface area contributed by atoms with E-state index in [1.54, 1.807) is 0 Å². The molecule has 0 saturated heterocycles. The molecule has 90 valence electrons. The van der Waals surface area contributed by atoms with Gasteiger partial charge in [-0.05, 0) is 32.6 Å². The summed E-state index contributed by atoms with van der Waals surface area (Å²) in [5.74, 6) is 0. The minimum Gasteiger partial charge on any atom is -0.315 e. The molecule has 1 atom stereocenters. The van der Waals surface area contributed by atoms with Crippen molar-refractivity contribution in [2.45, 2.75) is 25.8 Å². The van der Waals surface area contributed by atoms with E-state index in [4.69, 9.17) is 0 Å². The monoisotopic (exact) mass is 220 g/mol. The van der Waals surface area contributed by atoms with E-state index in [9.17, 15) is 0 Å². The summed E-state index contributed by atoms with van der Waals surface area (Å²) < 4.78 is 0. The van der Waals surface area contributed by atoms with Crippen molar-refractivity contribution in [3.05, 3.63) is 35.9 Å². The standard InChI is InChI=1S/C14H24N2/c1-4-5-11-15-12-14(16(2)3)13-9-7-6-8-10-13/h6-10,14-15H,4-5,11-12H2,1-3H3. The van der Waals surface area contributed by atoms with Crippen LogP contribution in [0, 0.1) is 0 Å². The number of nitrogens with one attached hydrogen (secondary N) is 1. The number of unbranched alkanes of at least 4 members (excludes halogenated alkanes) is 1. The van der Waals surface area contributed by atoms with Crippen molar-refractivity contribution in [2.75, 3.05) is 27.2 Å². The lowest BCUT2D eigenvalue weighted by atomic mass is 10.1. The largest absolute Gasteiger partial charge is 0.315 e. The Kier molecular flexibility index (Phi) is 6.12. The lowest BCUT2D eigenvalue weighted by Gasteiger charge is -2.25. The van der Waals surface area contributed by atoms with Gasteiger partial charge in [-0.25, -0.2) is 0 Å². The van der Waals surface area contributed by atoms with E-state index in [1.807, 2.05) is 0 Å². The lowest BCUT2D eigenvalue weighted by Crippen LogP contribution is -2.31. The number of hydrogen-bond donors (Lipinski definition) is 1. The van der Waals surface area contributed by atoms with Crippen LogP contribution >= 0.6 is 0 Å². The van der Waals surface area contributed by atoms with Gasteiger partial charge >= 0.3 is 0 Å². The maximum absolute atomic E-state index is 3.52.